The standard InChI is InChI=1S/C30H45N3O/c1-32(19-8-7-18-31-23-25-10-3-2-4-11-25)24-26-16-20-33(21-17-26)30(34)22-28-14-9-13-27-12-5-6-15-29(27)28/h5-6,9,12-15,25-26,31H,2-4,7-8,10-11,16-24H2,1H3. The molecular formula is C30H45N3O. The van der Waals surface area contributed by atoms with Crippen molar-refractivity contribution in [3.05, 3.63) is 48.0 Å². The monoisotopic (exact) mass is 463 g/mol. The zero-order valence-corrected chi connectivity index (χ0v) is 21.3. The van der Waals surface area contributed by atoms with Crippen LogP contribution in [0, 0.1) is 11.8 Å². The number of carbonyl (C=O) groups is 1. The molecule has 2 fully saturated rings. The van der Waals surface area contributed by atoms with Gasteiger partial charge in [0.1, 0.15) is 0 Å². The van der Waals surface area contributed by atoms with Gasteiger partial charge in [0.25, 0.3) is 0 Å². The summed E-state index contributed by atoms with van der Waals surface area (Å²) in [7, 11) is 2.27. The predicted molar refractivity (Wildman–Crippen MR) is 143 cm³/mol. The van der Waals surface area contributed by atoms with Crippen molar-refractivity contribution in [1.82, 2.24) is 15.1 Å². The van der Waals surface area contributed by atoms with E-state index in [1.54, 1.807) is 0 Å². The number of amides is 1. The van der Waals surface area contributed by atoms with Gasteiger partial charge in [0.05, 0.1) is 6.42 Å². The Morgan fingerprint density at radius 3 is 2.53 bits per heavy atom. The lowest BCUT2D eigenvalue weighted by molar-refractivity contribution is -0.131. The lowest BCUT2D eigenvalue weighted by Crippen LogP contribution is -2.41. The molecule has 1 aliphatic heterocycles. The number of hydrogen-bond donors (Lipinski definition) is 1. The molecule has 1 N–H and O–H groups in total. The average molecular weight is 464 g/mol. The molecule has 186 valence electrons. The maximum absolute atomic E-state index is 13.0. The topological polar surface area (TPSA) is 35.6 Å². The van der Waals surface area contributed by atoms with E-state index in [0.29, 0.717) is 6.42 Å². The summed E-state index contributed by atoms with van der Waals surface area (Å²) in [5.41, 5.74) is 1.15. The van der Waals surface area contributed by atoms with Gasteiger partial charge in [-0.15, -0.1) is 0 Å². The number of nitrogens with one attached hydrogen (secondary N) is 1. The fourth-order valence-corrected chi connectivity index (χ4v) is 5.95. The minimum Gasteiger partial charge on any atom is -0.342 e. The molecule has 0 unspecified atom stereocenters. The second-order valence-electron chi connectivity index (χ2n) is 10.8. The van der Waals surface area contributed by atoms with Crippen molar-refractivity contribution in [3.63, 3.8) is 0 Å². The van der Waals surface area contributed by atoms with Crippen LogP contribution in [0.15, 0.2) is 42.5 Å². The highest BCUT2D eigenvalue weighted by atomic mass is 16.2. The molecule has 0 aromatic heterocycles. The van der Waals surface area contributed by atoms with E-state index in [9.17, 15) is 4.79 Å². The van der Waals surface area contributed by atoms with Crippen LogP contribution in [-0.4, -0.2) is 62.0 Å². The number of unbranched alkanes of at least 4 members (excludes halogenated alkanes) is 1. The van der Waals surface area contributed by atoms with E-state index < -0.39 is 0 Å². The van der Waals surface area contributed by atoms with Crippen LogP contribution < -0.4 is 5.32 Å². The molecule has 0 bridgehead atoms. The SMILES string of the molecule is CN(CCCCNCC1CCCCC1)CC1CCN(C(=O)Cc2cccc3ccccc23)CC1. The van der Waals surface area contributed by atoms with Crippen LogP contribution >= 0.6 is 0 Å². The summed E-state index contributed by atoms with van der Waals surface area (Å²) in [5, 5.41) is 6.12. The molecule has 2 aliphatic rings. The summed E-state index contributed by atoms with van der Waals surface area (Å²) in [6.07, 6.45) is 12.5. The van der Waals surface area contributed by atoms with Crippen molar-refractivity contribution < 1.29 is 4.79 Å². The van der Waals surface area contributed by atoms with Crippen LogP contribution in [0.1, 0.15) is 63.4 Å². The van der Waals surface area contributed by atoms with Crippen LogP contribution in [0.3, 0.4) is 0 Å². The Morgan fingerprint density at radius 1 is 0.941 bits per heavy atom. The molecule has 2 aromatic rings. The van der Waals surface area contributed by atoms with Gasteiger partial charge in [0.15, 0.2) is 0 Å². The second kappa shape index (κ2) is 13.3. The smallest absolute Gasteiger partial charge is 0.227 e. The summed E-state index contributed by atoms with van der Waals surface area (Å²) < 4.78 is 0. The maximum Gasteiger partial charge on any atom is 0.227 e. The van der Waals surface area contributed by atoms with Crippen molar-refractivity contribution in [2.75, 3.05) is 46.3 Å². The Kier molecular flexibility index (Phi) is 9.82. The fourth-order valence-electron chi connectivity index (χ4n) is 5.95. The molecular weight excluding hydrogens is 418 g/mol. The normalized spacial score (nSPS) is 18.1. The van der Waals surface area contributed by atoms with E-state index in [-0.39, 0.29) is 5.91 Å². The molecule has 34 heavy (non-hydrogen) atoms. The summed E-state index contributed by atoms with van der Waals surface area (Å²) in [5.74, 6) is 1.93. The minimum absolute atomic E-state index is 0.281. The zero-order chi connectivity index (χ0) is 23.6. The first-order chi connectivity index (χ1) is 16.7. The molecule has 0 spiro atoms. The van der Waals surface area contributed by atoms with Crippen molar-refractivity contribution in [2.45, 2.75) is 64.2 Å². The number of likely N-dealkylation sites (tertiary alicyclic amines) is 1. The number of nitrogens with zero attached hydrogens (tertiary/aromatic N) is 2. The van der Waals surface area contributed by atoms with Gasteiger partial charge in [0.2, 0.25) is 5.91 Å². The number of piperidine rings is 1. The highest BCUT2D eigenvalue weighted by Crippen LogP contribution is 2.23. The summed E-state index contributed by atoms with van der Waals surface area (Å²) >= 11 is 0. The molecule has 0 radical (unpaired) electrons. The van der Waals surface area contributed by atoms with Crippen LogP contribution in [0.4, 0.5) is 0 Å². The molecule has 1 saturated carbocycles. The van der Waals surface area contributed by atoms with Crippen molar-refractivity contribution in [2.24, 2.45) is 11.8 Å². The first-order valence-electron chi connectivity index (χ1n) is 13.8. The van der Waals surface area contributed by atoms with Crippen LogP contribution in [0.25, 0.3) is 10.8 Å². The Hall–Kier alpha value is -1.91. The fraction of sp³-hybridized carbons (Fsp3) is 0.633. The molecule has 1 heterocycles. The van der Waals surface area contributed by atoms with Crippen molar-refractivity contribution >= 4 is 16.7 Å². The molecule has 1 saturated heterocycles. The van der Waals surface area contributed by atoms with E-state index in [1.165, 1.54) is 81.9 Å². The van der Waals surface area contributed by atoms with Gasteiger partial charge in [-0.2, -0.15) is 0 Å². The van der Waals surface area contributed by atoms with Crippen molar-refractivity contribution in [3.8, 4) is 0 Å². The van der Waals surface area contributed by atoms with E-state index >= 15 is 0 Å². The molecule has 1 amide bonds. The number of benzene rings is 2. The van der Waals surface area contributed by atoms with Gasteiger partial charge >= 0.3 is 0 Å². The molecule has 4 nitrogen and oxygen atoms in total. The molecule has 2 aromatic carbocycles. The Labute approximate surface area is 207 Å². The first kappa shape index (κ1) is 25.2. The summed E-state index contributed by atoms with van der Waals surface area (Å²) in [6.45, 7) is 6.57. The lowest BCUT2D eigenvalue weighted by Gasteiger charge is -2.34. The van der Waals surface area contributed by atoms with Gasteiger partial charge in [-0.05, 0) is 93.4 Å². The summed E-state index contributed by atoms with van der Waals surface area (Å²) in [4.78, 5) is 17.6. The van der Waals surface area contributed by atoms with Gasteiger partial charge in [0, 0.05) is 19.6 Å². The number of rotatable bonds is 11. The van der Waals surface area contributed by atoms with E-state index in [1.807, 2.05) is 0 Å². The maximum atomic E-state index is 13.0. The van der Waals surface area contributed by atoms with Gasteiger partial charge < -0.3 is 15.1 Å². The van der Waals surface area contributed by atoms with E-state index in [4.69, 9.17) is 0 Å². The van der Waals surface area contributed by atoms with Crippen molar-refractivity contribution in [1.29, 1.82) is 0 Å². The third-order valence-electron chi connectivity index (χ3n) is 8.06. The second-order valence-corrected chi connectivity index (χ2v) is 10.8. The van der Waals surface area contributed by atoms with E-state index in [0.717, 1.165) is 43.3 Å². The predicted octanol–water partition coefficient (Wildman–Crippen LogP) is 5.50. The third kappa shape index (κ3) is 7.55. The van der Waals surface area contributed by atoms with E-state index in [2.05, 4.69) is 64.6 Å². The largest absolute Gasteiger partial charge is 0.342 e. The molecule has 0 atom stereocenters. The Balaban J connectivity index is 1.09. The first-order valence-corrected chi connectivity index (χ1v) is 13.8. The average Bonchev–Trinajstić information content (AvgIpc) is 2.87. The third-order valence-corrected chi connectivity index (χ3v) is 8.06. The van der Waals surface area contributed by atoms with Gasteiger partial charge in [-0.1, -0.05) is 61.7 Å². The zero-order valence-electron chi connectivity index (χ0n) is 21.3. The van der Waals surface area contributed by atoms with Gasteiger partial charge in [-0.25, -0.2) is 0 Å². The lowest BCUT2D eigenvalue weighted by atomic mass is 9.89. The number of fused-ring (bicyclic) bond motifs is 1. The summed E-state index contributed by atoms with van der Waals surface area (Å²) in [6, 6.07) is 14.7. The van der Waals surface area contributed by atoms with Crippen LogP contribution in [0.2, 0.25) is 0 Å². The van der Waals surface area contributed by atoms with Crippen LogP contribution in [-0.2, 0) is 11.2 Å². The molecule has 4 heteroatoms. The highest BCUT2D eigenvalue weighted by molar-refractivity contribution is 5.90. The Bertz CT molecular complexity index is 878. The Morgan fingerprint density at radius 2 is 1.71 bits per heavy atom. The molecule has 1 aliphatic carbocycles. The minimum atomic E-state index is 0.281. The molecule has 4 rings (SSSR count). The van der Waals surface area contributed by atoms with Gasteiger partial charge in [-0.3, -0.25) is 4.79 Å². The number of carbonyl (C=O) groups excluding carboxylic acids is 1. The number of hydrogen-bond acceptors (Lipinski definition) is 3. The van der Waals surface area contributed by atoms with Crippen LogP contribution in [0.5, 0.6) is 0 Å². The highest BCUT2D eigenvalue weighted by Gasteiger charge is 2.24. The quantitative estimate of drug-likeness (QED) is 0.447.